The van der Waals surface area contributed by atoms with E-state index in [2.05, 4.69) is 15.4 Å². The third-order valence-corrected chi connectivity index (χ3v) is 1.91. The second kappa shape index (κ2) is 7.49. The lowest BCUT2D eigenvalue weighted by Crippen LogP contribution is -2.39. The van der Waals surface area contributed by atoms with Crippen molar-refractivity contribution < 1.29 is 24.2 Å². The first-order valence-electron chi connectivity index (χ1n) is 4.78. The molecular weight excluding hydrogens is 216 g/mol. The molecule has 0 aliphatic carbocycles. The number of carbonyl (C=O) groups is 3. The minimum atomic E-state index is -0.906. The average Bonchev–Trinajstić information content (AvgIpc) is 2.25. The molecule has 16 heavy (non-hydrogen) atoms. The van der Waals surface area contributed by atoms with E-state index in [-0.39, 0.29) is 13.1 Å². The molecule has 0 saturated heterocycles. The van der Waals surface area contributed by atoms with Crippen molar-refractivity contribution >= 4 is 18.0 Å². The van der Waals surface area contributed by atoms with Crippen LogP contribution in [0.3, 0.4) is 0 Å². The van der Waals surface area contributed by atoms with Crippen molar-refractivity contribution in [3.8, 4) is 0 Å². The van der Waals surface area contributed by atoms with E-state index in [4.69, 9.17) is 5.11 Å². The Balaban J connectivity index is 3.58. The van der Waals surface area contributed by atoms with Crippen LogP contribution < -0.4 is 10.6 Å². The van der Waals surface area contributed by atoms with Crippen LogP contribution in [0.5, 0.6) is 0 Å². The van der Waals surface area contributed by atoms with Gasteiger partial charge in [0.05, 0.1) is 13.0 Å². The van der Waals surface area contributed by atoms with E-state index in [1.165, 1.54) is 7.11 Å². The molecule has 0 fully saturated rings. The number of methoxy groups -OCH3 is 1. The first kappa shape index (κ1) is 14.2. The van der Waals surface area contributed by atoms with Gasteiger partial charge in [-0.3, -0.25) is 9.59 Å². The van der Waals surface area contributed by atoms with Gasteiger partial charge in [-0.05, 0) is 6.42 Å². The number of carboxylic acids is 1. The van der Waals surface area contributed by atoms with Crippen molar-refractivity contribution in [1.29, 1.82) is 0 Å². The molecule has 1 unspecified atom stereocenters. The SMILES string of the molecule is COC(=O)CNC(=O)NCCC(C)C(=O)O. The lowest BCUT2D eigenvalue weighted by atomic mass is 10.1. The molecule has 0 aliphatic rings. The van der Waals surface area contributed by atoms with Crippen LogP contribution in [0.1, 0.15) is 13.3 Å². The smallest absolute Gasteiger partial charge is 0.325 e. The number of nitrogens with one attached hydrogen (secondary N) is 2. The highest BCUT2D eigenvalue weighted by Crippen LogP contribution is 1.99. The molecule has 0 aromatic rings. The third kappa shape index (κ3) is 6.63. The predicted octanol–water partition coefficient (Wildman–Crippen LogP) is -0.431. The Morgan fingerprint density at radius 1 is 1.31 bits per heavy atom. The monoisotopic (exact) mass is 232 g/mol. The van der Waals surface area contributed by atoms with Gasteiger partial charge in [-0.1, -0.05) is 6.92 Å². The van der Waals surface area contributed by atoms with E-state index in [9.17, 15) is 14.4 Å². The van der Waals surface area contributed by atoms with E-state index in [1.807, 2.05) is 0 Å². The molecule has 0 heterocycles. The molecule has 0 saturated carbocycles. The van der Waals surface area contributed by atoms with Crippen LogP contribution in [0.2, 0.25) is 0 Å². The topological polar surface area (TPSA) is 105 Å². The zero-order valence-corrected chi connectivity index (χ0v) is 9.28. The third-order valence-electron chi connectivity index (χ3n) is 1.91. The first-order chi connectivity index (χ1) is 7.47. The highest BCUT2D eigenvalue weighted by atomic mass is 16.5. The quantitative estimate of drug-likeness (QED) is 0.539. The summed E-state index contributed by atoms with van der Waals surface area (Å²) in [7, 11) is 1.22. The van der Waals surface area contributed by atoms with Crippen LogP contribution in [0, 0.1) is 5.92 Å². The van der Waals surface area contributed by atoms with Crippen LogP contribution in [0.4, 0.5) is 4.79 Å². The van der Waals surface area contributed by atoms with E-state index < -0.39 is 23.9 Å². The molecule has 92 valence electrons. The Morgan fingerprint density at radius 2 is 1.94 bits per heavy atom. The molecule has 7 nitrogen and oxygen atoms in total. The summed E-state index contributed by atoms with van der Waals surface area (Å²) < 4.78 is 4.32. The summed E-state index contributed by atoms with van der Waals surface area (Å²) in [5.74, 6) is -1.97. The van der Waals surface area contributed by atoms with Crippen molar-refractivity contribution in [3.05, 3.63) is 0 Å². The minimum Gasteiger partial charge on any atom is -0.481 e. The van der Waals surface area contributed by atoms with Gasteiger partial charge in [0.1, 0.15) is 6.54 Å². The van der Waals surface area contributed by atoms with Crippen LogP contribution in [-0.2, 0) is 14.3 Å². The second-order valence-electron chi connectivity index (χ2n) is 3.21. The first-order valence-corrected chi connectivity index (χ1v) is 4.78. The maximum Gasteiger partial charge on any atom is 0.325 e. The van der Waals surface area contributed by atoms with Crippen molar-refractivity contribution in [3.63, 3.8) is 0 Å². The molecule has 0 aromatic heterocycles. The van der Waals surface area contributed by atoms with Gasteiger partial charge in [0.2, 0.25) is 0 Å². The minimum absolute atomic E-state index is 0.211. The summed E-state index contributed by atoms with van der Waals surface area (Å²) >= 11 is 0. The molecule has 0 aliphatic heterocycles. The molecule has 0 aromatic carbocycles. The molecule has 7 heteroatoms. The van der Waals surface area contributed by atoms with E-state index in [0.717, 1.165) is 0 Å². The molecule has 2 amide bonds. The second-order valence-corrected chi connectivity index (χ2v) is 3.21. The fraction of sp³-hybridized carbons (Fsp3) is 0.667. The maximum atomic E-state index is 11.0. The van der Waals surface area contributed by atoms with Crippen LogP contribution >= 0.6 is 0 Å². The van der Waals surface area contributed by atoms with Gasteiger partial charge in [-0.25, -0.2) is 4.79 Å². The van der Waals surface area contributed by atoms with E-state index in [1.54, 1.807) is 6.92 Å². The molecule has 0 radical (unpaired) electrons. The Kier molecular flexibility index (Phi) is 6.66. The van der Waals surface area contributed by atoms with Gasteiger partial charge in [-0.2, -0.15) is 0 Å². The lowest BCUT2D eigenvalue weighted by Gasteiger charge is -2.08. The standard InChI is InChI=1S/C9H16N2O5/c1-6(8(13)14)3-4-10-9(15)11-5-7(12)16-2/h6H,3-5H2,1-2H3,(H,13,14)(H2,10,11,15). The zero-order chi connectivity index (χ0) is 12.6. The van der Waals surface area contributed by atoms with Gasteiger partial charge >= 0.3 is 18.0 Å². The summed E-state index contributed by atoms with van der Waals surface area (Å²) in [5, 5.41) is 13.3. The fourth-order valence-corrected chi connectivity index (χ4v) is 0.813. The predicted molar refractivity (Wildman–Crippen MR) is 54.8 cm³/mol. The van der Waals surface area contributed by atoms with E-state index >= 15 is 0 Å². The molecular formula is C9H16N2O5. The molecule has 0 rings (SSSR count). The highest BCUT2D eigenvalue weighted by molar-refractivity contribution is 5.80. The van der Waals surface area contributed by atoms with Crippen LogP contribution in [-0.4, -0.2) is 43.3 Å². The number of carboxylic acid groups (broad SMARTS) is 1. The average molecular weight is 232 g/mol. The van der Waals surface area contributed by atoms with Crippen molar-refractivity contribution in [2.45, 2.75) is 13.3 Å². The van der Waals surface area contributed by atoms with Gasteiger partial charge in [-0.15, -0.1) is 0 Å². The zero-order valence-electron chi connectivity index (χ0n) is 9.28. The van der Waals surface area contributed by atoms with Gasteiger partial charge in [0.25, 0.3) is 0 Å². The van der Waals surface area contributed by atoms with Gasteiger partial charge in [0, 0.05) is 6.54 Å². The summed E-state index contributed by atoms with van der Waals surface area (Å²) in [6, 6.07) is -0.525. The summed E-state index contributed by atoms with van der Waals surface area (Å²) in [6.45, 7) is 1.58. The number of hydrogen-bond acceptors (Lipinski definition) is 4. The maximum absolute atomic E-state index is 11.0. The summed E-state index contributed by atoms with van der Waals surface area (Å²) in [6.07, 6.45) is 0.334. The Morgan fingerprint density at radius 3 is 2.44 bits per heavy atom. The Labute approximate surface area is 93.2 Å². The highest BCUT2D eigenvalue weighted by Gasteiger charge is 2.11. The number of amides is 2. The number of urea groups is 1. The summed E-state index contributed by atoms with van der Waals surface area (Å²) in [4.78, 5) is 32.1. The Bertz CT molecular complexity index is 267. The fourth-order valence-electron chi connectivity index (χ4n) is 0.813. The summed E-state index contributed by atoms with van der Waals surface area (Å²) in [5.41, 5.74) is 0. The number of aliphatic carboxylic acids is 1. The lowest BCUT2D eigenvalue weighted by molar-refractivity contribution is -0.141. The van der Waals surface area contributed by atoms with Crippen molar-refractivity contribution in [2.75, 3.05) is 20.2 Å². The number of hydrogen-bond donors (Lipinski definition) is 3. The molecule has 3 N–H and O–H groups in total. The number of rotatable bonds is 6. The number of carbonyl (C=O) groups excluding carboxylic acids is 2. The molecule has 0 bridgehead atoms. The Hall–Kier alpha value is -1.79. The van der Waals surface area contributed by atoms with Gasteiger partial charge in [0.15, 0.2) is 0 Å². The molecule has 0 spiro atoms. The van der Waals surface area contributed by atoms with Crippen molar-refractivity contribution in [1.82, 2.24) is 10.6 Å². The number of esters is 1. The largest absolute Gasteiger partial charge is 0.481 e. The van der Waals surface area contributed by atoms with Crippen molar-refractivity contribution in [2.24, 2.45) is 5.92 Å². The van der Waals surface area contributed by atoms with Crippen LogP contribution in [0.15, 0.2) is 0 Å². The number of ether oxygens (including phenoxy) is 1. The van der Waals surface area contributed by atoms with E-state index in [0.29, 0.717) is 6.42 Å². The van der Waals surface area contributed by atoms with Crippen LogP contribution in [0.25, 0.3) is 0 Å². The molecule has 1 atom stereocenters. The normalized spacial score (nSPS) is 11.4. The van der Waals surface area contributed by atoms with Gasteiger partial charge < -0.3 is 20.5 Å².